The maximum absolute atomic E-state index is 6.03. The highest BCUT2D eigenvalue weighted by Gasteiger charge is 2.25. The largest absolute Gasteiger partial charge is 0.396 e. The molecule has 0 spiro atoms. The molecular formula is C14H21ClN2. The summed E-state index contributed by atoms with van der Waals surface area (Å²) < 4.78 is 0. The molecule has 3 atom stereocenters. The Morgan fingerprint density at radius 1 is 1.29 bits per heavy atom. The van der Waals surface area contributed by atoms with Crippen LogP contribution in [0.4, 0.5) is 11.4 Å². The van der Waals surface area contributed by atoms with Gasteiger partial charge >= 0.3 is 0 Å². The summed E-state index contributed by atoms with van der Waals surface area (Å²) in [5, 5.41) is 4.18. The van der Waals surface area contributed by atoms with Crippen LogP contribution < -0.4 is 11.1 Å². The number of nitrogen functional groups attached to an aromatic ring is 1. The van der Waals surface area contributed by atoms with Gasteiger partial charge in [-0.15, -0.1) is 0 Å². The van der Waals surface area contributed by atoms with Crippen molar-refractivity contribution in [3.05, 3.63) is 23.2 Å². The van der Waals surface area contributed by atoms with Gasteiger partial charge in [0.25, 0.3) is 0 Å². The minimum Gasteiger partial charge on any atom is -0.396 e. The molecule has 0 bridgehead atoms. The molecule has 2 nitrogen and oxygen atoms in total. The third-order valence-corrected chi connectivity index (χ3v) is 4.15. The number of halogens is 1. The van der Waals surface area contributed by atoms with Crippen LogP contribution in [0.25, 0.3) is 0 Å². The van der Waals surface area contributed by atoms with Crippen LogP contribution in [0, 0.1) is 11.8 Å². The Bertz CT molecular complexity index is 392. The maximum atomic E-state index is 6.03. The third-order valence-electron chi connectivity index (χ3n) is 3.83. The van der Waals surface area contributed by atoms with E-state index in [0.29, 0.717) is 22.7 Å². The van der Waals surface area contributed by atoms with Crippen LogP contribution in [-0.4, -0.2) is 6.04 Å². The lowest BCUT2D eigenvalue weighted by molar-refractivity contribution is 0.276. The lowest BCUT2D eigenvalue weighted by atomic mass is 9.80. The molecule has 2 rings (SSSR count). The molecular weight excluding hydrogens is 232 g/mol. The number of hydrogen-bond acceptors (Lipinski definition) is 2. The Morgan fingerprint density at radius 2 is 2.06 bits per heavy atom. The van der Waals surface area contributed by atoms with Crippen molar-refractivity contribution >= 4 is 23.0 Å². The fraction of sp³-hybridized carbons (Fsp3) is 0.571. The van der Waals surface area contributed by atoms with E-state index in [9.17, 15) is 0 Å². The van der Waals surface area contributed by atoms with E-state index in [2.05, 4.69) is 19.2 Å². The smallest absolute Gasteiger partial charge is 0.0739 e. The molecule has 0 aliphatic heterocycles. The lowest BCUT2D eigenvalue weighted by Gasteiger charge is -2.34. The van der Waals surface area contributed by atoms with Gasteiger partial charge in [0.1, 0.15) is 0 Å². The summed E-state index contributed by atoms with van der Waals surface area (Å²) in [4.78, 5) is 0. The first-order valence-corrected chi connectivity index (χ1v) is 6.76. The second-order valence-electron chi connectivity index (χ2n) is 5.35. The van der Waals surface area contributed by atoms with Crippen molar-refractivity contribution in [2.45, 2.75) is 39.2 Å². The van der Waals surface area contributed by atoms with Crippen molar-refractivity contribution in [3.63, 3.8) is 0 Å². The molecule has 17 heavy (non-hydrogen) atoms. The highest BCUT2D eigenvalue weighted by atomic mass is 35.5. The molecule has 1 aliphatic carbocycles. The monoisotopic (exact) mass is 252 g/mol. The average Bonchev–Trinajstić information content (AvgIpc) is 2.28. The van der Waals surface area contributed by atoms with Crippen LogP contribution in [0.3, 0.4) is 0 Å². The highest BCUT2D eigenvalue weighted by Crippen LogP contribution is 2.33. The molecule has 3 N–H and O–H groups in total. The first kappa shape index (κ1) is 12.6. The standard InChI is InChI=1S/C14H21ClN2/c1-9-6-7-12(10(2)8-9)17-13-5-3-4-11(15)14(13)16/h3-5,9-10,12,17H,6-8,16H2,1-2H3. The molecule has 3 unspecified atom stereocenters. The maximum Gasteiger partial charge on any atom is 0.0739 e. The normalized spacial score (nSPS) is 29.0. The second kappa shape index (κ2) is 5.18. The van der Waals surface area contributed by atoms with Crippen LogP contribution in [0.5, 0.6) is 0 Å². The zero-order valence-electron chi connectivity index (χ0n) is 10.5. The fourth-order valence-corrected chi connectivity index (χ4v) is 2.92. The number of nitrogens with one attached hydrogen (secondary N) is 1. The van der Waals surface area contributed by atoms with Gasteiger partial charge in [0, 0.05) is 6.04 Å². The molecule has 0 amide bonds. The lowest BCUT2D eigenvalue weighted by Crippen LogP contribution is -2.33. The number of anilines is 2. The summed E-state index contributed by atoms with van der Waals surface area (Å²) in [5.74, 6) is 1.54. The van der Waals surface area contributed by atoms with Crippen molar-refractivity contribution in [1.29, 1.82) is 0 Å². The second-order valence-corrected chi connectivity index (χ2v) is 5.75. The predicted octanol–water partition coefficient (Wildman–Crippen LogP) is 4.16. The van der Waals surface area contributed by atoms with Crippen molar-refractivity contribution in [3.8, 4) is 0 Å². The molecule has 3 heteroatoms. The Labute approximate surface area is 109 Å². The van der Waals surface area contributed by atoms with Crippen LogP contribution in [0.2, 0.25) is 5.02 Å². The van der Waals surface area contributed by atoms with Crippen molar-refractivity contribution in [2.75, 3.05) is 11.1 Å². The Morgan fingerprint density at radius 3 is 2.76 bits per heavy atom. The minimum atomic E-state index is 0.520. The van der Waals surface area contributed by atoms with E-state index in [1.807, 2.05) is 18.2 Å². The molecule has 1 aromatic carbocycles. The molecule has 0 heterocycles. The van der Waals surface area contributed by atoms with E-state index in [0.717, 1.165) is 11.6 Å². The van der Waals surface area contributed by atoms with E-state index in [4.69, 9.17) is 17.3 Å². The van der Waals surface area contributed by atoms with Crippen molar-refractivity contribution in [1.82, 2.24) is 0 Å². The number of hydrogen-bond donors (Lipinski definition) is 2. The summed E-state index contributed by atoms with van der Waals surface area (Å²) >= 11 is 6.03. The van der Waals surface area contributed by atoms with Crippen molar-refractivity contribution in [2.24, 2.45) is 11.8 Å². The molecule has 0 saturated heterocycles. The summed E-state index contributed by atoms with van der Waals surface area (Å²) in [7, 11) is 0. The zero-order valence-corrected chi connectivity index (χ0v) is 11.3. The Balaban J connectivity index is 2.08. The molecule has 1 fully saturated rings. The first-order chi connectivity index (χ1) is 8.08. The van der Waals surface area contributed by atoms with Crippen LogP contribution >= 0.6 is 11.6 Å². The molecule has 0 radical (unpaired) electrons. The fourth-order valence-electron chi connectivity index (χ4n) is 2.74. The number of nitrogens with two attached hydrogens (primary N) is 1. The van der Waals surface area contributed by atoms with E-state index < -0.39 is 0 Å². The van der Waals surface area contributed by atoms with E-state index in [1.54, 1.807) is 0 Å². The van der Waals surface area contributed by atoms with E-state index in [1.165, 1.54) is 19.3 Å². The zero-order chi connectivity index (χ0) is 12.4. The van der Waals surface area contributed by atoms with Gasteiger partial charge in [0.05, 0.1) is 16.4 Å². The van der Waals surface area contributed by atoms with Gasteiger partial charge < -0.3 is 11.1 Å². The van der Waals surface area contributed by atoms with Crippen LogP contribution in [-0.2, 0) is 0 Å². The summed E-state index contributed by atoms with van der Waals surface area (Å²) in [6.07, 6.45) is 3.80. The van der Waals surface area contributed by atoms with Crippen LogP contribution in [0.1, 0.15) is 33.1 Å². The van der Waals surface area contributed by atoms with Gasteiger partial charge in [-0.25, -0.2) is 0 Å². The summed E-state index contributed by atoms with van der Waals surface area (Å²) in [5.41, 5.74) is 7.62. The minimum absolute atomic E-state index is 0.520. The van der Waals surface area contributed by atoms with Gasteiger partial charge in [-0.2, -0.15) is 0 Å². The van der Waals surface area contributed by atoms with Crippen molar-refractivity contribution < 1.29 is 0 Å². The number of rotatable bonds is 2. The van der Waals surface area contributed by atoms with Gasteiger partial charge in [0.2, 0.25) is 0 Å². The van der Waals surface area contributed by atoms with Gasteiger partial charge in [-0.05, 0) is 43.2 Å². The summed E-state index contributed by atoms with van der Waals surface area (Å²) in [6.45, 7) is 4.65. The van der Waals surface area contributed by atoms with Gasteiger partial charge in [0.15, 0.2) is 0 Å². The summed E-state index contributed by atoms with van der Waals surface area (Å²) in [6, 6.07) is 6.30. The van der Waals surface area contributed by atoms with E-state index >= 15 is 0 Å². The third kappa shape index (κ3) is 2.86. The molecule has 94 valence electrons. The average molecular weight is 253 g/mol. The number of benzene rings is 1. The molecule has 1 aromatic rings. The van der Waals surface area contributed by atoms with Gasteiger partial charge in [-0.1, -0.05) is 31.5 Å². The predicted molar refractivity (Wildman–Crippen MR) is 75.5 cm³/mol. The van der Waals surface area contributed by atoms with Crippen LogP contribution in [0.15, 0.2) is 18.2 Å². The molecule has 0 aromatic heterocycles. The van der Waals surface area contributed by atoms with E-state index in [-0.39, 0.29) is 0 Å². The molecule has 1 saturated carbocycles. The van der Waals surface area contributed by atoms with Gasteiger partial charge in [-0.3, -0.25) is 0 Å². The SMILES string of the molecule is CC1CCC(Nc2cccc(Cl)c2N)C(C)C1. The first-order valence-electron chi connectivity index (χ1n) is 6.38. The molecule has 1 aliphatic rings. The number of para-hydroxylation sites is 1. The quantitative estimate of drug-likeness (QED) is 0.776. The Kier molecular flexibility index (Phi) is 3.82. The Hall–Kier alpha value is -0.890. The highest BCUT2D eigenvalue weighted by molar-refractivity contribution is 6.33. The topological polar surface area (TPSA) is 38.0 Å².